The van der Waals surface area contributed by atoms with Crippen LogP contribution in [0.4, 0.5) is 4.79 Å². The molecule has 10 fully saturated rings. The summed E-state index contributed by atoms with van der Waals surface area (Å²) in [5.74, 6) is 0. The van der Waals surface area contributed by atoms with Crippen LogP contribution in [-0.2, 0) is 10.8 Å². The quantitative estimate of drug-likeness (QED) is 0.148. The van der Waals surface area contributed by atoms with E-state index in [1.54, 1.807) is 5.56 Å². The van der Waals surface area contributed by atoms with E-state index >= 15 is 0 Å². The number of rotatable bonds is 7. The predicted molar refractivity (Wildman–Crippen MR) is 289 cm³/mol. The van der Waals surface area contributed by atoms with Crippen LogP contribution in [0.25, 0.3) is 22.3 Å². The van der Waals surface area contributed by atoms with Gasteiger partial charge in [-0.2, -0.15) is 0 Å². The zero-order valence-corrected chi connectivity index (χ0v) is 42.8. The van der Waals surface area contributed by atoms with Gasteiger partial charge in [0.2, 0.25) is 0 Å². The van der Waals surface area contributed by atoms with Gasteiger partial charge in [0.15, 0.2) is 0 Å². The molecule has 15 aliphatic rings. The third-order valence-electron chi connectivity index (χ3n) is 26.4. The van der Waals surface area contributed by atoms with Crippen LogP contribution in [0.5, 0.6) is 0 Å². The Labute approximate surface area is 409 Å². The first kappa shape index (κ1) is 38.5. The SMILES string of the molecule is CCNC(=O)Sc1ccc(C2=C3C=CC(=N3)C(c3c(C)cc(C)cc3C)=C3C=CC(=N3)C(c3ccccc3[C]34[CH]5[CH]6[CH]7[CH]3[Fe]6754389%10[CH]4[CH]3[CH]8[CH]9[CH]4%10)=C3C=CC(=N3)C(c3c(C)cc(C)cc3C)=C3C=CC2=N3)cc1. The van der Waals surface area contributed by atoms with E-state index in [4.69, 9.17) is 20.0 Å². The van der Waals surface area contributed by atoms with Gasteiger partial charge in [-0.3, -0.25) is 4.79 Å². The van der Waals surface area contributed by atoms with Crippen molar-refractivity contribution in [1.82, 2.24) is 5.32 Å². The third kappa shape index (κ3) is 1.92. The Morgan fingerprint density at radius 2 is 0.958 bits per heavy atom. The molecule has 0 aromatic heterocycles. The molecule has 6 nitrogen and oxygen atoms in total. The molecular formula is C63H53FeN5OS. The molecular weight excluding hydrogens is 931 g/mol. The van der Waals surface area contributed by atoms with Crippen molar-refractivity contribution in [2.45, 2.75) is 101 Å². The van der Waals surface area contributed by atoms with Crippen LogP contribution in [-0.4, -0.2) is 34.6 Å². The smallest absolute Gasteiger partial charge is 0.0474 e. The third-order valence-corrected chi connectivity index (χ3v) is 69.6. The van der Waals surface area contributed by atoms with Crippen molar-refractivity contribution in [2.75, 3.05) is 6.54 Å². The topological polar surface area (TPSA) is 78.5 Å². The number of carbonyl (C=O) groups excluding carboxylic acids is 1. The summed E-state index contributed by atoms with van der Waals surface area (Å²) in [5.41, 5.74) is 25.1. The largest absolute Gasteiger partial charge is 0.0531 e. The number of nitrogens with one attached hydrogen (secondary N) is 1. The Bertz CT molecular complexity index is 4140. The fourth-order valence-electron chi connectivity index (χ4n) is 26.3. The van der Waals surface area contributed by atoms with Crippen molar-refractivity contribution < 1.29 is 11.3 Å². The second-order valence-electron chi connectivity index (χ2n) is 25.6. The van der Waals surface area contributed by atoms with Gasteiger partial charge in [-0.15, -0.1) is 0 Å². The first-order valence-corrected chi connectivity index (χ1v) is 32.9. The fraction of sp³-hybridized carbons (Fsp3) is 0.286. The van der Waals surface area contributed by atoms with Gasteiger partial charge in [-0.25, -0.2) is 0 Å². The van der Waals surface area contributed by atoms with Crippen LogP contribution in [0.1, 0.15) is 68.1 Å². The molecule has 350 valence electrons. The molecule has 71 heavy (non-hydrogen) atoms. The van der Waals surface area contributed by atoms with Crippen LogP contribution >= 0.6 is 11.8 Å². The summed E-state index contributed by atoms with van der Waals surface area (Å²) < 4.78 is 0.547. The number of aliphatic imine (C=N–C) groups is 4. The molecule has 4 atom stereocenters. The van der Waals surface area contributed by atoms with Crippen molar-refractivity contribution in [3.63, 3.8) is 0 Å². The second kappa shape index (κ2) is 8.34. The number of aryl methyl sites for hydroxylation is 6. The van der Waals surface area contributed by atoms with Crippen molar-refractivity contribution in [2.24, 2.45) is 20.0 Å². The number of amides is 1. The summed E-state index contributed by atoms with van der Waals surface area (Å²) in [4.78, 5) is 47.2. The Kier molecular flexibility index (Phi) is 4.52. The molecule has 1 spiro atoms. The Balaban J connectivity index is 0.870. The molecule has 8 heteroatoms. The van der Waals surface area contributed by atoms with E-state index < -0.39 is 6.51 Å². The van der Waals surface area contributed by atoms with Crippen molar-refractivity contribution in [3.8, 4) is 0 Å². The standard InChI is InChI=1S/C58H48N5OS.C5H5.Fe/c1-8-59-58(64)65-41-19-17-40(18-20-41)54-44-21-25-48(60-44)56(52-35(4)29-33(2)30-36(52)5)50-27-23-46(62-50)55(43-16-12-11-15-42(43)39-13-9-10-14-39)47-24-28-51(63-47)57(49-26-22-45(54)61-49)53-37(6)31-34(3)32-38(53)7;1-2-4-5-3-1;/h9-32H,8H2,1-7H3,(H,59,64);1-5H;. The number of thioether (sulfide) groups is 1. The van der Waals surface area contributed by atoms with E-state index in [0.29, 0.717) is 10.9 Å². The second-order valence-corrected chi connectivity index (χ2v) is 50.2. The zero-order chi connectivity index (χ0) is 47.5. The molecule has 15 heterocycles. The number of hydrogen-bond acceptors (Lipinski definition) is 6. The minimum absolute atomic E-state index is 0.0659. The first-order valence-electron chi connectivity index (χ1n) is 25.8. The number of fused-ring (bicyclic) bond motifs is 14. The van der Waals surface area contributed by atoms with E-state index in [1.807, 2.05) is 19.1 Å². The summed E-state index contributed by atoms with van der Waals surface area (Å²) in [6, 6.07) is 27.2. The van der Waals surface area contributed by atoms with Crippen molar-refractivity contribution in [3.05, 3.63) is 205 Å². The van der Waals surface area contributed by atoms with Gasteiger partial charge in [-0.05, 0) is 50.2 Å². The molecule has 4 unspecified atom stereocenters. The Morgan fingerprint density at radius 3 is 1.39 bits per heavy atom. The maximum atomic E-state index is 12.6. The normalized spacial score (nSPS) is 41.9. The molecule has 0 saturated carbocycles. The summed E-state index contributed by atoms with van der Waals surface area (Å²) in [6.45, 7) is 12.2. The zero-order valence-electron chi connectivity index (χ0n) is 40.9. The molecule has 4 aromatic rings. The number of hydrogen-bond donors (Lipinski definition) is 1. The van der Waals surface area contributed by atoms with Crippen LogP contribution in [0.2, 0.25) is 43.3 Å². The Hall–Kier alpha value is -6.18. The van der Waals surface area contributed by atoms with Crippen molar-refractivity contribution >= 4 is 62.1 Å². The van der Waals surface area contributed by atoms with Crippen LogP contribution in [0.3, 0.4) is 0 Å². The van der Waals surface area contributed by atoms with Crippen LogP contribution in [0, 0.1) is 41.5 Å². The number of nitrogens with zero attached hydrogens (tertiary/aromatic N) is 4. The molecule has 10 saturated heterocycles. The number of carbonyl (C=O) groups is 1. The van der Waals surface area contributed by atoms with Gasteiger partial charge < -0.3 is 5.32 Å². The van der Waals surface area contributed by atoms with Gasteiger partial charge in [0.25, 0.3) is 5.24 Å². The van der Waals surface area contributed by atoms with E-state index in [-0.39, 0.29) is 5.24 Å². The average molecular weight is 984 g/mol. The minimum Gasteiger partial charge on any atom is -0.0531 e. The van der Waals surface area contributed by atoms with Crippen LogP contribution < -0.4 is 5.32 Å². The average Bonchev–Trinajstić information content (AvgIpc) is 4.01. The number of benzene rings is 4. The molecule has 1 amide bonds. The summed E-state index contributed by atoms with van der Waals surface area (Å²) in [7, 11) is 0. The Morgan fingerprint density at radius 1 is 0.535 bits per heavy atom. The van der Waals surface area contributed by atoms with E-state index in [9.17, 15) is 4.79 Å². The fourth-order valence-corrected chi connectivity index (χ4v) is 101. The van der Waals surface area contributed by atoms with Gasteiger partial charge >= 0.3 is 323 Å². The molecule has 15 aliphatic heterocycles. The van der Waals surface area contributed by atoms with Gasteiger partial charge in [0.05, 0.1) is 0 Å². The maximum Gasteiger partial charge on any atom is -0.0474 e. The molecule has 0 aliphatic carbocycles. The van der Waals surface area contributed by atoms with Crippen LogP contribution in [0.15, 0.2) is 169 Å². The van der Waals surface area contributed by atoms with Gasteiger partial charge in [0, 0.05) is 11.4 Å². The maximum absolute atomic E-state index is 12.6. The number of allylic oxidation sites excluding steroid dienone is 12. The molecule has 8 bridgehead atoms. The van der Waals surface area contributed by atoms with E-state index in [1.165, 1.54) is 101 Å². The van der Waals surface area contributed by atoms with Crippen molar-refractivity contribution in [1.29, 1.82) is 0 Å². The summed E-state index contributed by atoms with van der Waals surface area (Å²) >= 11 is 1.21. The summed E-state index contributed by atoms with van der Waals surface area (Å²) in [5, 5.41) is 2.85. The first-order chi connectivity index (χ1) is 34.2. The minimum atomic E-state index is -3.66. The van der Waals surface area contributed by atoms with Gasteiger partial charge in [-0.1, -0.05) is 12.1 Å². The molecule has 1 N–H and O–H groups in total. The molecule has 19 rings (SSSR count). The molecule has 0 radical (unpaired) electrons. The summed E-state index contributed by atoms with van der Waals surface area (Å²) in [6.07, 6.45) is 17.8. The predicted octanol–water partition coefficient (Wildman–Crippen LogP) is 15.2. The monoisotopic (exact) mass is 983 g/mol. The molecule has 4 aromatic carbocycles. The van der Waals surface area contributed by atoms with Gasteiger partial charge in [0.1, 0.15) is 0 Å². The van der Waals surface area contributed by atoms with E-state index in [0.717, 1.165) is 82.4 Å². The van der Waals surface area contributed by atoms with E-state index in [2.05, 4.69) is 156 Å².